The van der Waals surface area contributed by atoms with E-state index < -0.39 is 11.4 Å². The zero-order valence-corrected chi connectivity index (χ0v) is 15.0. The summed E-state index contributed by atoms with van der Waals surface area (Å²) in [7, 11) is 1.37. The van der Waals surface area contributed by atoms with Gasteiger partial charge in [0.05, 0.1) is 7.11 Å². The van der Waals surface area contributed by atoms with Crippen LogP contribution in [0.4, 0.5) is 4.39 Å². The molecule has 1 aromatic carbocycles. The van der Waals surface area contributed by atoms with Crippen LogP contribution in [0.5, 0.6) is 11.5 Å². The molecular weight excluding hydrogens is 339 g/mol. The van der Waals surface area contributed by atoms with Crippen LogP contribution in [0.3, 0.4) is 0 Å². The fourth-order valence-electron chi connectivity index (χ4n) is 3.82. The summed E-state index contributed by atoms with van der Waals surface area (Å²) in [5, 5.41) is 9.96. The molecule has 1 aromatic rings. The molecule has 3 atom stereocenters. The van der Waals surface area contributed by atoms with Gasteiger partial charge in [-0.2, -0.15) is 0 Å². The molecule has 1 N–H and O–H groups in total. The average Bonchev–Trinajstić information content (AvgIpc) is 3.02. The van der Waals surface area contributed by atoms with Crippen LogP contribution < -0.4 is 4.74 Å². The Morgan fingerprint density at radius 3 is 3.00 bits per heavy atom. The van der Waals surface area contributed by atoms with Crippen molar-refractivity contribution in [1.29, 1.82) is 0 Å². The number of rotatable bonds is 6. The lowest BCUT2D eigenvalue weighted by molar-refractivity contribution is -0.123. The predicted octanol–water partition coefficient (Wildman–Crippen LogP) is 3.51. The molecule has 0 saturated carbocycles. The highest BCUT2D eigenvalue weighted by Crippen LogP contribution is 2.46. The van der Waals surface area contributed by atoms with Crippen molar-refractivity contribution < 1.29 is 28.5 Å². The summed E-state index contributed by atoms with van der Waals surface area (Å²) in [5.41, 5.74) is -0.416. The highest BCUT2D eigenvalue weighted by Gasteiger charge is 2.51. The summed E-state index contributed by atoms with van der Waals surface area (Å²) < 4.78 is 30.8. The molecule has 0 spiro atoms. The molecule has 1 saturated heterocycles. The molecule has 0 aromatic heterocycles. The van der Waals surface area contributed by atoms with Crippen LogP contribution in [0, 0.1) is 17.7 Å². The number of benzene rings is 1. The number of hydrogen-bond acceptors (Lipinski definition) is 5. The zero-order valence-electron chi connectivity index (χ0n) is 15.0. The summed E-state index contributed by atoms with van der Waals surface area (Å²) in [4.78, 5) is 12.3. The Morgan fingerprint density at radius 2 is 2.31 bits per heavy atom. The van der Waals surface area contributed by atoms with E-state index in [2.05, 4.69) is 6.58 Å². The van der Waals surface area contributed by atoms with Crippen LogP contribution in [0.2, 0.25) is 0 Å². The Balaban J connectivity index is 1.89. The van der Waals surface area contributed by atoms with Crippen molar-refractivity contribution in [2.24, 2.45) is 11.8 Å². The van der Waals surface area contributed by atoms with Crippen molar-refractivity contribution in [2.75, 3.05) is 13.9 Å². The minimum Gasteiger partial charge on any atom is -0.504 e. The average molecular weight is 362 g/mol. The van der Waals surface area contributed by atoms with E-state index in [9.17, 15) is 14.3 Å². The van der Waals surface area contributed by atoms with E-state index in [1.54, 1.807) is 6.08 Å². The molecule has 0 bridgehead atoms. The highest BCUT2D eigenvalue weighted by molar-refractivity contribution is 5.93. The number of phenols is 1. The van der Waals surface area contributed by atoms with Crippen molar-refractivity contribution in [3.8, 4) is 11.5 Å². The second-order valence-corrected chi connectivity index (χ2v) is 6.85. The molecule has 140 valence electrons. The van der Waals surface area contributed by atoms with Gasteiger partial charge in [-0.25, -0.2) is 4.39 Å². The summed E-state index contributed by atoms with van der Waals surface area (Å²) in [5.74, 6) is -0.367. The fraction of sp³-hybridized carbons (Fsp3) is 0.450. The molecule has 1 fully saturated rings. The second-order valence-electron chi connectivity index (χ2n) is 6.85. The lowest BCUT2D eigenvalue weighted by atomic mass is 9.71. The molecule has 0 amide bonds. The lowest BCUT2D eigenvalue weighted by Crippen LogP contribution is -2.45. The fourth-order valence-corrected chi connectivity index (χ4v) is 3.82. The van der Waals surface area contributed by atoms with Crippen molar-refractivity contribution >= 4 is 5.78 Å². The lowest BCUT2D eigenvalue weighted by Gasteiger charge is -2.38. The van der Waals surface area contributed by atoms with Gasteiger partial charge in [0, 0.05) is 18.1 Å². The number of allylic oxidation sites excluding steroid dienone is 2. The minimum absolute atomic E-state index is 0.00139. The number of methoxy groups -OCH3 is 1. The summed E-state index contributed by atoms with van der Waals surface area (Å²) >= 11 is 0. The molecule has 1 heterocycles. The third kappa shape index (κ3) is 3.09. The first kappa shape index (κ1) is 18.5. The van der Waals surface area contributed by atoms with Gasteiger partial charge in [0.2, 0.25) is 0 Å². The number of carbonyl (C=O) groups excluding carboxylic acids is 1. The maximum Gasteiger partial charge on any atom is 0.189 e. The molecule has 1 unspecified atom stereocenters. The molecule has 26 heavy (non-hydrogen) atoms. The topological polar surface area (TPSA) is 65.0 Å². The Bertz CT molecular complexity index is 757. The number of carbonyl (C=O) groups is 1. The van der Waals surface area contributed by atoms with Gasteiger partial charge in [-0.3, -0.25) is 4.79 Å². The van der Waals surface area contributed by atoms with E-state index in [0.29, 0.717) is 30.6 Å². The van der Waals surface area contributed by atoms with Crippen LogP contribution in [0.25, 0.3) is 0 Å². The molecule has 2 aliphatic rings. The predicted molar refractivity (Wildman–Crippen MR) is 93.3 cm³/mol. The molecular formula is C20H23FO5. The number of phenolic OH excluding ortho intramolecular Hbond substituents is 1. The first-order valence-electron chi connectivity index (χ1n) is 8.60. The Morgan fingerprint density at radius 1 is 1.54 bits per heavy atom. The monoisotopic (exact) mass is 362 g/mol. The van der Waals surface area contributed by atoms with Crippen LogP contribution in [0.1, 0.15) is 25.3 Å². The third-order valence-corrected chi connectivity index (χ3v) is 5.29. The number of ether oxygens (including phenoxy) is 3. The molecule has 5 nitrogen and oxygen atoms in total. The number of ketones is 1. The van der Waals surface area contributed by atoms with E-state index in [4.69, 9.17) is 14.2 Å². The van der Waals surface area contributed by atoms with Gasteiger partial charge in [-0.05, 0) is 36.8 Å². The SMILES string of the molecule is C=CC[C@H]1C[C@]2(C(C)Cc3cc(O)c(OC)cc3F)OCOC2=CC1=O. The maximum atomic E-state index is 14.4. The van der Waals surface area contributed by atoms with Crippen LogP contribution in [-0.2, 0) is 20.7 Å². The molecule has 0 radical (unpaired) electrons. The van der Waals surface area contributed by atoms with Gasteiger partial charge < -0.3 is 19.3 Å². The standard InChI is InChI=1S/C20H23FO5/c1-4-5-13-10-20(19(9-16(13)22)25-11-26-20)12(2)6-14-7-17(23)18(24-3)8-15(14)21/h4,7-9,12-13,23H,1,5-6,10-11H2,2-3H3/t12?,13-,20+/m0/s1. The van der Waals surface area contributed by atoms with Crippen molar-refractivity contribution in [1.82, 2.24) is 0 Å². The van der Waals surface area contributed by atoms with E-state index in [0.717, 1.165) is 0 Å². The van der Waals surface area contributed by atoms with Gasteiger partial charge in [-0.15, -0.1) is 6.58 Å². The molecule has 1 aliphatic carbocycles. The van der Waals surface area contributed by atoms with Crippen molar-refractivity contribution in [3.05, 3.63) is 48.0 Å². The van der Waals surface area contributed by atoms with E-state index in [1.165, 1.54) is 25.3 Å². The Labute approximate surface area is 152 Å². The molecule has 3 rings (SSSR count). The van der Waals surface area contributed by atoms with E-state index in [1.807, 2.05) is 6.92 Å². The molecule has 6 heteroatoms. The van der Waals surface area contributed by atoms with Crippen LogP contribution >= 0.6 is 0 Å². The third-order valence-electron chi connectivity index (χ3n) is 5.29. The quantitative estimate of drug-likeness (QED) is 0.785. The number of halogens is 1. The summed E-state index contributed by atoms with van der Waals surface area (Å²) in [6.07, 6.45) is 4.56. The van der Waals surface area contributed by atoms with Gasteiger partial charge in [0.25, 0.3) is 0 Å². The van der Waals surface area contributed by atoms with E-state index >= 15 is 0 Å². The minimum atomic E-state index is -0.774. The largest absolute Gasteiger partial charge is 0.504 e. The first-order valence-corrected chi connectivity index (χ1v) is 8.60. The number of hydrogen-bond donors (Lipinski definition) is 1. The van der Waals surface area contributed by atoms with Crippen LogP contribution in [0.15, 0.2) is 36.6 Å². The Kier molecular flexibility index (Phi) is 5.05. The maximum absolute atomic E-state index is 14.4. The summed E-state index contributed by atoms with van der Waals surface area (Å²) in [6, 6.07) is 2.54. The number of aromatic hydroxyl groups is 1. The van der Waals surface area contributed by atoms with Gasteiger partial charge in [-0.1, -0.05) is 13.0 Å². The number of fused-ring (bicyclic) bond motifs is 1. The van der Waals surface area contributed by atoms with Crippen molar-refractivity contribution in [2.45, 2.75) is 31.8 Å². The molecule has 1 aliphatic heterocycles. The first-order chi connectivity index (χ1) is 12.4. The summed E-state index contributed by atoms with van der Waals surface area (Å²) in [6.45, 7) is 5.72. The normalized spacial score (nSPS) is 25.9. The Hall–Kier alpha value is -2.34. The second kappa shape index (κ2) is 7.11. The van der Waals surface area contributed by atoms with Gasteiger partial charge in [0.1, 0.15) is 17.2 Å². The van der Waals surface area contributed by atoms with Crippen molar-refractivity contribution in [3.63, 3.8) is 0 Å². The van der Waals surface area contributed by atoms with Gasteiger partial charge >= 0.3 is 0 Å². The van der Waals surface area contributed by atoms with Gasteiger partial charge in [0.15, 0.2) is 24.1 Å². The zero-order chi connectivity index (χ0) is 18.9. The van der Waals surface area contributed by atoms with Crippen LogP contribution in [-0.4, -0.2) is 30.4 Å². The highest BCUT2D eigenvalue weighted by atomic mass is 19.1. The smallest absolute Gasteiger partial charge is 0.189 e. The van der Waals surface area contributed by atoms with E-state index in [-0.39, 0.29) is 35.9 Å².